The highest BCUT2D eigenvalue weighted by Crippen LogP contribution is 2.11. The van der Waals surface area contributed by atoms with Crippen molar-refractivity contribution in [3.05, 3.63) is 74.8 Å². The van der Waals surface area contributed by atoms with E-state index in [1.54, 1.807) is 18.2 Å². The van der Waals surface area contributed by atoms with Crippen molar-refractivity contribution in [3.63, 3.8) is 0 Å². The number of rotatable bonds is 6. The van der Waals surface area contributed by atoms with E-state index in [0.717, 1.165) is 0 Å². The van der Waals surface area contributed by atoms with Gasteiger partial charge in [0.15, 0.2) is 0 Å². The van der Waals surface area contributed by atoms with Gasteiger partial charge in [0.25, 0.3) is 17.5 Å². The van der Waals surface area contributed by atoms with E-state index in [1.165, 1.54) is 36.5 Å². The number of nitrogens with zero attached hydrogens (tertiary/aromatic N) is 2. The Hall–Kier alpha value is -3.26. The Morgan fingerprint density at radius 3 is 2.56 bits per heavy atom. The highest BCUT2D eigenvalue weighted by atomic mass is 35.5. The van der Waals surface area contributed by atoms with E-state index in [9.17, 15) is 19.7 Å². The Morgan fingerprint density at radius 1 is 1.20 bits per heavy atom. The molecule has 0 heterocycles. The number of carbonyl (C=O) groups is 2. The molecule has 2 aromatic carbocycles. The minimum atomic E-state index is -0.520. The molecule has 0 aliphatic rings. The number of benzene rings is 2. The van der Waals surface area contributed by atoms with E-state index in [2.05, 4.69) is 15.8 Å². The van der Waals surface area contributed by atoms with Crippen LogP contribution < -0.4 is 10.7 Å². The number of halogens is 1. The molecule has 0 saturated carbocycles. The molecule has 0 fully saturated rings. The molecule has 2 rings (SSSR count). The van der Waals surface area contributed by atoms with Crippen LogP contribution >= 0.6 is 11.6 Å². The van der Waals surface area contributed by atoms with Crippen molar-refractivity contribution in [3.8, 4) is 0 Å². The summed E-state index contributed by atoms with van der Waals surface area (Å²) in [5.41, 5.74) is 3.13. The topological polar surface area (TPSA) is 114 Å². The molecule has 8 nitrogen and oxygen atoms in total. The molecule has 2 aromatic rings. The van der Waals surface area contributed by atoms with Crippen molar-refractivity contribution in [1.29, 1.82) is 0 Å². The van der Waals surface area contributed by atoms with Crippen LogP contribution in [0.1, 0.15) is 15.9 Å². The highest BCUT2D eigenvalue weighted by molar-refractivity contribution is 6.30. The zero-order chi connectivity index (χ0) is 18.2. The molecular weight excluding hydrogens is 348 g/mol. The highest BCUT2D eigenvalue weighted by Gasteiger charge is 2.08. The largest absolute Gasteiger partial charge is 0.343 e. The summed E-state index contributed by atoms with van der Waals surface area (Å²) in [4.78, 5) is 33.5. The number of hydrogen-bond donors (Lipinski definition) is 2. The molecule has 2 amide bonds. The van der Waals surface area contributed by atoms with Gasteiger partial charge in [0, 0.05) is 22.7 Å². The van der Waals surface area contributed by atoms with Crippen LogP contribution in [0.15, 0.2) is 53.6 Å². The van der Waals surface area contributed by atoms with E-state index in [1.807, 2.05) is 0 Å². The van der Waals surface area contributed by atoms with Gasteiger partial charge in [-0.05, 0) is 35.9 Å². The summed E-state index contributed by atoms with van der Waals surface area (Å²) < 4.78 is 0. The SMILES string of the molecule is O=C(CNC(=O)c1cccc(Cl)c1)NN=Cc1ccc([N+](=O)[O-])cc1. The molecule has 0 bridgehead atoms. The summed E-state index contributed by atoms with van der Waals surface area (Å²) in [6, 6.07) is 12.0. The molecule has 25 heavy (non-hydrogen) atoms. The number of nitro groups is 1. The van der Waals surface area contributed by atoms with Crippen molar-refractivity contribution < 1.29 is 14.5 Å². The molecule has 9 heteroatoms. The first-order valence-electron chi connectivity index (χ1n) is 7.06. The van der Waals surface area contributed by atoms with Crippen molar-refractivity contribution in [2.75, 3.05) is 6.54 Å². The average molecular weight is 361 g/mol. The molecule has 0 spiro atoms. The number of hydrazone groups is 1. The number of nitrogens with one attached hydrogen (secondary N) is 2. The molecule has 0 unspecified atom stereocenters. The molecule has 0 radical (unpaired) electrons. The Bertz CT molecular complexity index is 821. The van der Waals surface area contributed by atoms with Crippen molar-refractivity contribution in [2.45, 2.75) is 0 Å². The lowest BCUT2D eigenvalue weighted by molar-refractivity contribution is -0.384. The molecule has 0 aliphatic heterocycles. The van der Waals surface area contributed by atoms with Gasteiger partial charge in [-0.15, -0.1) is 0 Å². The van der Waals surface area contributed by atoms with Crippen LogP contribution in [0.25, 0.3) is 0 Å². The standard InChI is InChI=1S/C16H13ClN4O4/c17-13-3-1-2-12(8-13)16(23)18-10-15(22)20-19-9-11-4-6-14(7-5-11)21(24)25/h1-9H,10H2,(H,18,23)(H,20,22). The summed E-state index contributed by atoms with van der Waals surface area (Å²) >= 11 is 5.79. The van der Waals surface area contributed by atoms with E-state index >= 15 is 0 Å². The Labute approximate surface area is 147 Å². The number of hydrogen-bond acceptors (Lipinski definition) is 5. The van der Waals surface area contributed by atoms with Gasteiger partial charge in [-0.2, -0.15) is 5.10 Å². The lowest BCUT2D eigenvalue weighted by Crippen LogP contribution is -2.34. The molecule has 0 aromatic heterocycles. The number of carbonyl (C=O) groups excluding carboxylic acids is 2. The minimum absolute atomic E-state index is 0.0371. The van der Waals surface area contributed by atoms with E-state index in [0.29, 0.717) is 16.1 Å². The number of amides is 2. The minimum Gasteiger partial charge on any atom is -0.343 e. The fourth-order valence-electron chi connectivity index (χ4n) is 1.79. The third kappa shape index (κ3) is 5.70. The Balaban J connectivity index is 1.80. The monoisotopic (exact) mass is 360 g/mol. The second kappa shape index (κ2) is 8.55. The first-order valence-corrected chi connectivity index (χ1v) is 7.43. The Kier molecular flexibility index (Phi) is 6.19. The third-order valence-corrected chi connectivity index (χ3v) is 3.24. The molecule has 0 atom stereocenters. The van der Waals surface area contributed by atoms with Crippen LogP contribution in [-0.4, -0.2) is 29.5 Å². The maximum Gasteiger partial charge on any atom is 0.269 e. The second-order valence-electron chi connectivity index (χ2n) is 4.83. The average Bonchev–Trinajstić information content (AvgIpc) is 2.60. The van der Waals surface area contributed by atoms with Gasteiger partial charge in [-0.25, -0.2) is 5.43 Å². The lowest BCUT2D eigenvalue weighted by atomic mass is 10.2. The fourth-order valence-corrected chi connectivity index (χ4v) is 1.98. The number of non-ortho nitro benzene ring substituents is 1. The zero-order valence-electron chi connectivity index (χ0n) is 12.8. The molecule has 128 valence electrons. The van der Waals surface area contributed by atoms with Gasteiger partial charge in [-0.3, -0.25) is 19.7 Å². The quantitative estimate of drug-likeness (QED) is 0.466. The predicted octanol–water partition coefficient (Wildman–Crippen LogP) is 2.13. The maximum atomic E-state index is 11.8. The van der Waals surface area contributed by atoms with Crippen LogP contribution in [0.4, 0.5) is 5.69 Å². The van der Waals surface area contributed by atoms with Crippen LogP contribution in [0, 0.1) is 10.1 Å². The summed E-state index contributed by atoms with van der Waals surface area (Å²) in [7, 11) is 0. The van der Waals surface area contributed by atoms with Gasteiger partial charge < -0.3 is 5.32 Å². The normalized spacial score (nSPS) is 10.4. The van der Waals surface area contributed by atoms with Crippen LogP contribution in [0.3, 0.4) is 0 Å². The van der Waals surface area contributed by atoms with Crippen molar-refractivity contribution in [1.82, 2.24) is 10.7 Å². The van der Waals surface area contributed by atoms with Crippen LogP contribution in [-0.2, 0) is 4.79 Å². The van der Waals surface area contributed by atoms with Crippen LogP contribution in [0.5, 0.6) is 0 Å². The van der Waals surface area contributed by atoms with Gasteiger partial charge in [0.2, 0.25) is 0 Å². The van der Waals surface area contributed by atoms with E-state index < -0.39 is 16.7 Å². The van der Waals surface area contributed by atoms with Crippen molar-refractivity contribution in [2.24, 2.45) is 5.10 Å². The first kappa shape index (κ1) is 18.1. The first-order chi connectivity index (χ1) is 12.0. The predicted molar refractivity (Wildman–Crippen MR) is 92.6 cm³/mol. The van der Waals surface area contributed by atoms with Gasteiger partial charge in [0.05, 0.1) is 17.7 Å². The van der Waals surface area contributed by atoms with E-state index in [4.69, 9.17) is 11.6 Å². The maximum absolute atomic E-state index is 11.8. The van der Waals surface area contributed by atoms with Crippen molar-refractivity contribution >= 4 is 35.3 Å². The summed E-state index contributed by atoms with van der Waals surface area (Å²) in [5.74, 6) is -0.953. The van der Waals surface area contributed by atoms with Gasteiger partial charge >= 0.3 is 0 Å². The Morgan fingerprint density at radius 2 is 1.92 bits per heavy atom. The molecule has 2 N–H and O–H groups in total. The molecule has 0 aliphatic carbocycles. The van der Waals surface area contributed by atoms with E-state index in [-0.39, 0.29) is 12.2 Å². The third-order valence-electron chi connectivity index (χ3n) is 3.00. The van der Waals surface area contributed by atoms with Gasteiger partial charge in [0.1, 0.15) is 0 Å². The fraction of sp³-hybridized carbons (Fsp3) is 0.0625. The molecular formula is C16H13ClN4O4. The van der Waals surface area contributed by atoms with Crippen LogP contribution in [0.2, 0.25) is 5.02 Å². The summed E-state index contributed by atoms with van der Waals surface area (Å²) in [6.07, 6.45) is 1.33. The zero-order valence-corrected chi connectivity index (χ0v) is 13.6. The summed E-state index contributed by atoms with van der Waals surface area (Å²) in [5, 5.41) is 17.1. The summed E-state index contributed by atoms with van der Waals surface area (Å²) in [6.45, 7) is -0.261. The lowest BCUT2D eigenvalue weighted by Gasteiger charge is -2.04. The smallest absolute Gasteiger partial charge is 0.269 e. The molecule has 0 saturated heterocycles. The second-order valence-corrected chi connectivity index (χ2v) is 5.27. The van der Waals surface area contributed by atoms with Gasteiger partial charge in [-0.1, -0.05) is 17.7 Å². The number of nitro benzene ring substituents is 1.